The number of nitrogens with zero attached hydrogens (tertiary/aromatic N) is 1. The number of hydrogen-bond donors (Lipinski definition) is 0. The number of halogens is 6. The molecule has 0 aliphatic carbocycles. The Hall–Kier alpha value is -1.69. The molecule has 1 heterocycles. The van der Waals surface area contributed by atoms with Crippen molar-refractivity contribution in [1.82, 2.24) is 4.98 Å². The fraction of sp³-hybridized carbons (Fsp3) is 0. The van der Waals surface area contributed by atoms with E-state index in [4.69, 9.17) is 11.6 Å². The molecule has 2 aromatic rings. The monoisotopic (exact) mass is 279 g/mol. The van der Waals surface area contributed by atoms with Gasteiger partial charge in [-0.05, 0) is 6.07 Å². The summed E-state index contributed by atoms with van der Waals surface area (Å²) in [7, 11) is 0. The van der Waals surface area contributed by atoms with Crippen LogP contribution in [-0.4, -0.2) is 4.98 Å². The lowest BCUT2D eigenvalue weighted by Gasteiger charge is -2.08. The zero-order chi connectivity index (χ0) is 13.4. The summed E-state index contributed by atoms with van der Waals surface area (Å²) in [4.78, 5) is 3.52. The maximum absolute atomic E-state index is 13.4. The highest BCUT2D eigenvalue weighted by molar-refractivity contribution is 6.30. The molecule has 7 heteroatoms. The molecule has 18 heavy (non-hydrogen) atoms. The van der Waals surface area contributed by atoms with Gasteiger partial charge in [0.15, 0.2) is 23.3 Å². The zero-order valence-corrected chi connectivity index (χ0v) is 9.20. The molecule has 0 aliphatic rings. The van der Waals surface area contributed by atoms with Gasteiger partial charge in [-0.1, -0.05) is 11.6 Å². The van der Waals surface area contributed by atoms with Gasteiger partial charge in [0.25, 0.3) is 0 Å². The van der Waals surface area contributed by atoms with Gasteiger partial charge in [0, 0.05) is 18.0 Å². The van der Waals surface area contributed by atoms with Gasteiger partial charge in [-0.3, -0.25) is 4.98 Å². The summed E-state index contributed by atoms with van der Waals surface area (Å²) in [5.41, 5.74) is -1.35. The SMILES string of the molecule is Fc1c(F)c(F)c(-c2cncc(Cl)c2)c(F)c1F. The molecule has 94 valence electrons. The van der Waals surface area contributed by atoms with Gasteiger partial charge in [-0.25, -0.2) is 22.0 Å². The number of benzene rings is 1. The minimum absolute atomic E-state index is 0.0106. The van der Waals surface area contributed by atoms with E-state index < -0.39 is 34.6 Å². The number of aromatic nitrogens is 1. The molecule has 0 radical (unpaired) electrons. The van der Waals surface area contributed by atoms with Crippen molar-refractivity contribution in [3.05, 3.63) is 52.6 Å². The highest BCUT2D eigenvalue weighted by atomic mass is 35.5. The quantitative estimate of drug-likeness (QED) is 0.435. The van der Waals surface area contributed by atoms with Crippen LogP contribution in [0.3, 0.4) is 0 Å². The van der Waals surface area contributed by atoms with Crippen LogP contribution in [0.25, 0.3) is 11.1 Å². The molecule has 0 unspecified atom stereocenters. The lowest BCUT2D eigenvalue weighted by atomic mass is 10.1. The average Bonchev–Trinajstić information content (AvgIpc) is 2.34. The van der Waals surface area contributed by atoms with E-state index in [1.165, 1.54) is 0 Å². The Bertz CT molecular complexity index is 600. The molecule has 2 rings (SSSR count). The van der Waals surface area contributed by atoms with Crippen molar-refractivity contribution in [2.24, 2.45) is 0 Å². The van der Waals surface area contributed by atoms with Crippen LogP contribution in [-0.2, 0) is 0 Å². The molecule has 0 spiro atoms. The average molecular weight is 280 g/mol. The smallest absolute Gasteiger partial charge is 0.200 e. The van der Waals surface area contributed by atoms with Crippen molar-refractivity contribution in [2.45, 2.75) is 0 Å². The van der Waals surface area contributed by atoms with E-state index in [0.717, 1.165) is 18.5 Å². The largest absolute Gasteiger partial charge is 0.263 e. The molecule has 0 saturated carbocycles. The molecule has 0 saturated heterocycles. The first-order valence-corrected chi connectivity index (χ1v) is 4.93. The summed E-state index contributed by atoms with van der Waals surface area (Å²) in [6.45, 7) is 0. The maximum Gasteiger partial charge on any atom is 0.200 e. The molecule has 0 fully saturated rings. The molecular weight excluding hydrogens is 277 g/mol. The van der Waals surface area contributed by atoms with Gasteiger partial charge in [0.05, 0.1) is 10.6 Å². The van der Waals surface area contributed by atoms with Crippen LogP contribution in [0.4, 0.5) is 22.0 Å². The first-order chi connectivity index (χ1) is 8.43. The van der Waals surface area contributed by atoms with E-state index in [1.807, 2.05) is 0 Å². The lowest BCUT2D eigenvalue weighted by molar-refractivity contribution is 0.381. The standard InChI is InChI=1S/C11H3ClF5N/c12-5-1-4(2-18-3-5)6-7(13)9(15)11(17)10(16)8(6)14/h1-3H. The molecule has 1 aromatic carbocycles. The Kier molecular flexibility index (Phi) is 3.21. The van der Waals surface area contributed by atoms with Crippen molar-refractivity contribution in [3.63, 3.8) is 0 Å². The predicted molar refractivity (Wildman–Crippen MR) is 54.5 cm³/mol. The Labute approximate surface area is 103 Å². The van der Waals surface area contributed by atoms with Gasteiger partial charge < -0.3 is 0 Å². The van der Waals surface area contributed by atoms with Crippen molar-refractivity contribution in [1.29, 1.82) is 0 Å². The second-order valence-corrected chi connectivity index (χ2v) is 3.77. The van der Waals surface area contributed by atoms with Gasteiger partial charge >= 0.3 is 0 Å². The first-order valence-electron chi connectivity index (χ1n) is 4.55. The third-order valence-corrected chi connectivity index (χ3v) is 2.41. The molecule has 0 N–H and O–H groups in total. The third-order valence-electron chi connectivity index (χ3n) is 2.20. The van der Waals surface area contributed by atoms with E-state index in [0.29, 0.717) is 0 Å². The van der Waals surface area contributed by atoms with Crippen LogP contribution in [0.5, 0.6) is 0 Å². The molecule has 0 aliphatic heterocycles. The van der Waals surface area contributed by atoms with E-state index in [2.05, 4.69) is 4.98 Å². The highest BCUT2D eigenvalue weighted by Crippen LogP contribution is 2.31. The second-order valence-electron chi connectivity index (χ2n) is 3.34. The fourth-order valence-corrected chi connectivity index (χ4v) is 1.58. The van der Waals surface area contributed by atoms with Crippen molar-refractivity contribution in [3.8, 4) is 11.1 Å². The molecule has 0 amide bonds. The predicted octanol–water partition coefficient (Wildman–Crippen LogP) is 4.10. The summed E-state index contributed by atoms with van der Waals surface area (Å²) in [5, 5.41) is 0.0106. The molecule has 1 nitrogen and oxygen atoms in total. The summed E-state index contributed by atoms with van der Waals surface area (Å²) in [6.07, 6.45) is 2.11. The fourth-order valence-electron chi connectivity index (χ4n) is 1.41. The minimum Gasteiger partial charge on any atom is -0.263 e. The summed E-state index contributed by atoms with van der Waals surface area (Å²) in [5.74, 6) is -10.1. The third kappa shape index (κ3) is 1.92. The van der Waals surface area contributed by atoms with Crippen LogP contribution in [0.2, 0.25) is 5.02 Å². The summed E-state index contributed by atoms with van der Waals surface area (Å²) in [6, 6.07) is 1.05. The van der Waals surface area contributed by atoms with E-state index in [9.17, 15) is 22.0 Å². The normalized spacial score (nSPS) is 10.8. The number of rotatable bonds is 1. The van der Waals surface area contributed by atoms with Crippen molar-refractivity contribution >= 4 is 11.6 Å². The second kappa shape index (κ2) is 4.53. The number of pyridine rings is 1. The van der Waals surface area contributed by atoms with Crippen molar-refractivity contribution < 1.29 is 22.0 Å². The van der Waals surface area contributed by atoms with Crippen molar-refractivity contribution in [2.75, 3.05) is 0 Å². The van der Waals surface area contributed by atoms with E-state index in [1.54, 1.807) is 0 Å². The topological polar surface area (TPSA) is 12.9 Å². The molecule has 1 aromatic heterocycles. The van der Waals surface area contributed by atoms with Gasteiger partial charge in [0.2, 0.25) is 5.82 Å². The van der Waals surface area contributed by atoms with Crippen LogP contribution in [0.15, 0.2) is 18.5 Å². The van der Waals surface area contributed by atoms with E-state index >= 15 is 0 Å². The lowest BCUT2D eigenvalue weighted by Crippen LogP contribution is -2.04. The Balaban J connectivity index is 2.80. The highest BCUT2D eigenvalue weighted by Gasteiger charge is 2.26. The molecular formula is C11H3ClF5N. The Morgan fingerprint density at radius 1 is 0.778 bits per heavy atom. The molecule has 0 atom stereocenters. The first kappa shape index (κ1) is 12.8. The van der Waals surface area contributed by atoms with Gasteiger partial charge in [-0.2, -0.15) is 0 Å². The zero-order valence-electron chi connectivity index (χ0n) is 8.45. The van der Waals surface area contributed by atoms with Crippen LogP contribution in [0.1, 0.15) is 0 Å². The summed E-state index contributed by atoms with van der Waals surface area (Å²) >= 11 is 5.54. The van der Waals surface area contributed by atoms with Gasteiger partial charge in [-0.15, -0.1) is 0 Å². The van der Waals surface area contributed by atoms with Crippen LogP contribution < -0.4 is 0 Å². The van der Waals surface area contributed by atoms with E-state index in [-0.39, 0.29) is 10.6 Å². The maximum atomic E-state index is 13.4. The summed E-state index contributed by atoms with van der Waals surface area (Å²) < 4.78 is 65.6. The Morgan fingerprint density at radius 3 is 1.78 bits per heavy atom. The molecule has 0 bridgehead atoms. The van der Waals surface area contributed by atoms with Crippen LogP contribution >= 0.6 is 11.6 Å². The van der Waals surface area contributed by atoms with Gasteiger partial charge in [0.1, 0.15) is 0 Å². The Morgan fingerprint density at radius 2 is 1.28 bits per heavy atom. The minimum atomic E-state index is -2.20. The number of hydrogen-bond acceptors (Lipinski definition) is 1. The van der Waals surface area contributed by atoms with Crippen LogP contribution in [0, 0.1) is 29.1 Å².